The number of ether oxygens (including phenoxy) is 1. The predicted octanol–water partition coefficient (Wildman–Crippen LogP) is 3.78. The first-order valence-corrected chi connectivity index (χ1v) is 7.67. The Morgan fingerprint density at radius 3 is 2.74 bits per heavy atom. The zero-order chi connectivity index (χ0) is 13.7. The molecule has 1 saturated heterocycles. The molecule has 1 heterocycles. The second-order valence-electron chi connectivity index (χ2n) is 4.67. The van der Waals surface area contributed by atoms with E-state index in [2.05, 4.69) is 20.8 Å². The fraction of sp³-hybridized carbons (Fsp3) is 0.500. The van der Waals surface area contributed by atoms with Crippen molar-refractivity contribution in [1.82, 2.24) is 4.90 Å². The van der Waals surface area contributed by atoms with E-state index in [9.17, 15) is 4.79 Å². The van der Waals surface area contributed by atoms with E-state index in [0.717, 1.165) is 30.4 Å². The lowest BCUT2D eigenvalue weighted by Gasteiger charge is -2.26. The van der Waals surface area contributed by atoms with Crippen LogP contribution in [0.2, 0.25) is 5.02 Å². The lowest BCUT2D eigenvalue weighted by Crippen LogP contribution is -2.33. The zero-order valence-electron chi connectivity index (χ0n) is 10.7. The lowest BCUT2D eigenvalue weighted by molar-refractivity contribution is 0.111. The molecule has 1 aromatic carbocycles. The Morgan fingerprint density at radius 1 is 1.32 bits per heavy atom. The molecule has 0 radical (unpaired) electrons. The van der Waals surface area contributed by atoms with E-state index >= 15 is 0 Å². The first-order chi connectivity index (χ1) is 9.20. The van der Waals surface area contributed by atoms with Crippen LogP contribution in [-0.4, -0.2) is 37.4 Å². The molecule has 0 amide bonds. The molecule has 0 saturated carbocycles. The third-order valence-corrected chi connectivity index (χ3v) is 4.07. The van der Waals surface area contributed by atoms with Crippen molar-refractivity contribution in [2.45, 2.75) is 19.3 Å². The number of carbonyl (C=O) groups excluding carboxylic acids is 1. The molecule has 1 aromatic rings. The maximum absolute atomic E-state index is 11.0. The highest BCUT2D eigenvalue weighted by atomic mass is 79.9. The predicted molar refractivity (Wildman–Crippen MR) is 80.3 cm³/mol. The lowest BCUT2D eigenvalue weighted by atomic mass is 10.1. The Morgan fingerprint density at radius 2 is 2.05 bits per heavy atom. The van der Waals surface area contributed by atoms with Crippen LogP contribution >= 0.6 is 27.5 Å². The molecular weight excluding hydrogens is 330 g/mol. The Labute approximate surface area is 127 Å². The van der Waals surface area contributed by atoms with Gasteiger partial charge in [0.1, 0.15) is 12.4 Å². The molecule has 104 valence electrons. The number of likely N-dealkylation sites (tertiary alicyclic amines) is 1. The second-order valence-corrected chi connectivity index (χ2v) is 5.97. The maximum atomic E-state index is 11.0. The van der Waals surface area contributed by atoms with Gasteiger partial charge in [-0.05, 0) is 54.0 Å². The quantitative estimate of drug-likeness (QED) is 0.760. The molecule has 2 rings (SSSR count). The number of aldehydes is 1. The molecule has 5 heteroatoms. The largest absolute Gasteiger partial charge is 0.490 e. The average molecular weight is 347 g/mol. The topological polar surface area (TPSA) is 29.5 Å². The SMILES string of the molecule is O=Cc1cc(Cl)cc(Br)c1OCCN1CCCCC1. The summed E-state index contributed by atoms with van der Waals surface area (Å²) in [6.45, 7) is 3.77. The normalized spacial score (nSPS) is 16.3. The monoisotopic (exact) mass is 345 g/mol. The number of hydrogen-bond acceptors (Lipinski definition) is 3. The van der Waals surface area contributed by atoms with Crippen LogP contribution in [0.25, 0.3) is 0 Å². The first-order valence-electron chi connectivity index (χ1n) is 6.50. The first kappa shape index (κ1) is 14.8. The molecule has 0 aliphatic carbocycles. The summed E-state index contributed by atoms with van der Waals surface area (Å²) in [4.78, 5) is 13.4. The van der Waals surface area contributed by atoms with Crippen molar-refractivity contribution in [3.05, 3.63) is 27.2 Å². The number of halogens is 2. The van der Waals surface area contributed by atoms with Gasteiger partial charge in [-0.15, -0.1) is 0 Å². The number of piperidine rings is 1. The minimum absolute atomic E-state index is 0.484. The zero-order valence-corrected chi connectivity index (χ0v) is 13.0. The van der Waals surface area contributed by atoms with E-state index in [4.69, 9.17) is 16.3 Å². The van der Waals surface area contributed by atoms with Gasteiger partial charge in [-0.1, -0.05) is 18.0 Å². The molecule has 1 aliphatic heterocycles. The van der Waals surface area contributed by atoms with Crippen LogP contribution in [0.1, 0.15) is 29.6 Å². The van der Waals surface area contributed by atoms with Crippen LogP contribution in [0.3, 0.4) is 0 Å². The fourth-order valence-electron chi connectivity index (χ4n) is 2.28. The summed E-state index contributed by atoms with van der Waals surface area (Å²) in [5.74, 6) is 0.580. The van der Waals surface area contributed by atoms with Crippen molar-refractivity contribution in [3.63, 3.8) is 0 Å². The van der Waals surface area contributed by atoms with Gasteiger partial charge in [-0.3, -0.25) is 9.69 Å². The summed E-state index contributed by atoms with van der Waals surface area (Å²) in [6.07, 6.45) is 4.64. The molecule has 0 atom stereocenters. The van der Waals surface area contributed by atoms with Crippen LogP contribution in [-0.2, 0) is 0 Å². The summed E-state index contributed by atoms with van der Waals surface area (Å²) in [5, 5.41) is 0.525. The van der Waals surface area contributed by atoms with Crippen molar-refractivity contribution in [2.24, 2.45) is 0 Å². The third-order valence-electron chi connectivity index (χ3n) is 3.27. The Balaban J connectivity index is 1.93. The summed E-state index contributed by atoms with van der Waals surface area (Å²) >= 11 is 9.29. The molecule has 3 nitrogen and oxygen atoms in total. The van der Waals surface area contributed by atoms with Crippen LogP contribution in [0.15, 0.2) is 16.6 Å². The number of benzene rings is 1. The third kappa shape index (κ3) is 4.20. The van der Waals surface area contributed by atoms with Crippen LogP contribution in [0.4, 0.5) is 0 Å². The molecule has 1 fully saturated rings. The van der Waals surface area contributed by atoms with Crippen molar-refractivity contribution in [2.75, 3.05) is 26.2 Å². The highest BCUT2D eigenvalue weighted by Crippen LogP contribution is 2.31. The van der Waals surface area contributed by atoms with Gasteiger partial charge in [0.05, 0.1) is 10.0 Å². The van der Waals surface area contributed by atoms with Crippen molar-refractivity contribution in [3.8, 4) is 5.75 Å². The van der Waals surface area contributed by atoms with Crippen LogP contribution < -0.4 is 4.74 Å². The number of nitrogens with zero attached hydrogens (tertiary/aromatic N) is 1. The summed E-state index contributed by atoms with van der Waals surface area (Å²) < 4.78 is 6.46. The standard InChI is InChI=1S/C14H17BrClNO2/c15-13-9-12(16)8-11(10-18)14(13)19-7-6-17-4-2-1-3-5-17/h8-10H,1-7H2. The Hall–Kier alpha value is -0.580. The number of carbonyl (C=O) groups is 1. The van der Waals surface area contributed by atoms with Gasteiger partial charge >= 0.3 is 0 Å². The van der Waals surface area contributed by atoms with Gasteiger partial charge in [0.25, 0.3) is 0 Å². The van der Waals surface area contributed by atoms with Gasteiger partial charge in [-0.2, -0.15) is 0 Å². The number of rotatable bonds is 5. The Bertz CT molecular complexity index is 447. The highest BCUT2D eigenvalue weighted by molar-refractivity contribution is 9.10. The van der Waals surface area contributed by atoms with Crippen LogP contribution in [0, 0.1) is 0 Å². The van der Waals surface area contributed by atoms with Crippen molar-refractivity contribution >= 4 is 33.8 Å². The highest BCUT2D eigenvalue weighted by Gasteiger charge is 2.12. The molecule has 0 N–H and O–H groups in total. The van der Waals surface area contributed by atoms with Gasteiger partial charge in [0.15, 0.2) is 6.29 Å². The summed E-state index contributed by atoms with van der Waals surface area (Å²) in [6, 6.07) is 3.36. The van der Waals surface area contributed by atoms with E-state index < -0.39 is 0 Å². The molecule has 19 heavy (non-hydrogen) atoms. The fourth-order valence-corrected chi connectivity index (χ4v) is 3.23. The summed E-state index contributed by atoms with van der Waals surface area (Å²) in [7, 11) is 0. The molecule has 1 aliphatic rings. The van der Waals surface area contributed by atoms with E-state index in [1.54, 1.807) is 12.1 Å². The number of hydrogen-bond donors (Lipinski definition) is 0. The smallest absolute Gasteiger partial charge is 0.153 e. The molecule has 0 aromatic heterocycles. The van der Waals surface area contributed by atoms with Gasteiger partial charge < -0.3 is 4.74 Å². The van der Waals surface area contributed by atoms with Gasteiger partial charge in [0, 0.05) is 11.6 Å². The average Bonchev–Trinajstić information content (AvgIpc) is 2.42. The van der Waals surface area contributed by atoms with Crippen molar-refractivity contribution < 1.29 is 9.53 Å². The molecular formula is C14H17BrClNO2. The Kier molecular flexibility index (Phi) is 5.67. The molecule has 0 spiro atoms. The summed E-state index contributed by atoms with van der Waals surface area (Å²) in [5.41, 5.74) is 0.484. The van der Waals surface area contributed by atoms with E-state index in [1.807, 2.05) is 0 Å². The molecule has 0 bridgehead atoms. The van der Waals surface area contributed by atoms with Gasteiger partial charge in [0.2, 0.25) is 0 Å². The van der Waals surface area contributed by atoms with Crippen LogP contribution in [0.5, 0.6) is 5.75 Å². The van der Waals surface area contributed by atoms with Gasteiger partial charge in [-0.25, -0.2) is 0 Å². The minimum atomic E-state index is 0.484. The van der Waals surface area contributed by atoms with E-state index in [-0.39, 0.29) is 0 Å². The minimum Gasteiger partial charge on any atom is -0.490 e. The van der Waals surface area contributed by atoms with Crippen molar-refractivity contribution in [1.29, 1.82) is 0 Å². The second kappa shape index (κ2) is 7.27. The molecule has 0 unspecified atom stereocenters. The van der Waals surface area contributed by atoms with E-state index in [1.165, 1.54) is 19.3 Å². The van der Waals surface area contributed by atoms with E-state index in [0.29, 0.717) is 22.9 Å². The maximum Gasteiger partial charge on any atom is 0.153 e.